The van der Waals surface area contributed by atoms with Crippen LogP contribution in [0.1, 0.15) is 29.8 Å². The Morgan fingerprint density at radius 3 is 2.80 bits per heavy atom. The molecule has 1 aliphatic rings. The van der Waals surface area contributed by atoms with Crippen molar-refractivity contribution in [1.82, 2.24) is 20.0 Å². The van der Waals surface area contributed by atoms with Gasteiger partial charge < -0.3 is 5.32 Å². The lowest BCUT2D eigenvalue weighted by atomic mass is 10.1. The number of aromatic nitrogens is 2. The third-order valence-corrected chi connectivity index (χ3v) is 4.96. The Hall–Kier alpha value is -2.14. The molecule has 5 nitrogen and oxygen atoms in total. The second kappa shape index (κ2) is 8.30. The highest BCUT2D eigenvalue weighted by atomic mass is 16.2. The Kier molecular flexibility index (Phi) is 5.87. The summed E-state index contributed by atoms with van der Waals surface area (Å²) in [5, 5.41) is 7.45. The first-order valence-corrected chi connectivity index (χ1v) is 9.17. The number of hydrogen-bond donors (Lipinski definition) is 1. The van der Waals surface area contributed by atoms with Gasteiger partial charge in [-0.05, 0) is 51.3 Å². The Labute approximate surface area is 150 Å². The van der Waals surface area contributed by atoms with Gasteiger partial charge in [0.25, 0.3) is 0 Å². The van der Waals surface area contributed by atoms with Crippen LogP contribution >= 0.6 is 0 Å². The maximum absolute atomic E-state index is 12.2. The summed E-state index contributed by atoms with van der Waals surface area (Å²) in [4.78, 5) is 14.7. The normalized spacial score (nSPS) is 17.8. The molecule has 0 saturated carbocycles. The molecule has 1 unspecified atom stereocenters. The second-order valence-electron chi connectivity index (χ2n) is 6.96. The molecule has 0 aliphatic carbocycles. The monoisotopic (exact) mass is 340 g/mol. The highest BCUT2D eigenvalue weighted by Crippen LogP contribution is 2.17. The smallest absolute Gasteiger partial charge is 0.241 e. The van der Waals surface area contributed by atoms with Crippen LogP contribution in [0.15, 0.2) is 36.4 Å². The number of rotatable bonds is 7. The number of benzene rings is 1. The Bertz CT molecular complexity index is 695. The lowest BCUT2D eigenvalue weighted by molar-refractivity contribution is -0.122. The molecule has 1 N–H and O–H groups in total. The van der Waals surface area contributed by atoms with Crippen LogP contribution in [0, 0.1) is 13.8 Å². The minimum Gasteiger partial charge on any atom is -0.353 e. The average Bonchev–Trinajstić information content (AvgIpc) is 3.18. The third-order valence-electron chi connectivity index (χ3n) is 4.96. The largest absolute Gasteiger partial charge is 0.353 e. The van der Waals surface area contributed by atoms with Crippen molar-refractivity contribution in [2.45, 2.75) is 45.7 Å². The van der Waals surface area contributed by atoms with Gasteiger partial charge >= 0.3 is 0 Å². The Morgan fingerprint density at radius 1 is 1.28 bits per heavy atom. The van der Waals surface area contributed by atoms with E-state index in [1.165, 1.54) is 12.0 Å². The molecule has 2 aromatic rings. The summed E-state index contributed by atoms with van der Waals surface area (Å²) in [6.45, 7) is 7.15. The molecular weight excluding hydrogens is 312 g/mol. The number of hydrogen-bond acceptors (Lipinski definition) is 3. The summed E-state index contributed by atoms with van der Waals surface area (Å²) in [5.41, 5.74) is 3.35. The number of nitrogens with zero attached hydrogens (tertiary/aromatic N) is 3. The molecular formula is C20H28N4O. The highest BCUT2D eigenvalue weighted by molar-refractivity contribution is 5.75. The van der Waals surface area contributed by atoms with E-state index >= 15 is 0 Å². The molecule has 5 heteroatoms. The first kappa shape index (κ1) is 17.7. The van der Waals surface area contributed by atoms with Gasteiger partial charge in [0, 0.05) is 24.8 Å². The van der Waals surface area contributed by atoms with Crippen LogP contribution in [0.4, 0.5) is 0 Å². The zero-order valence-electron chi connectivity index (χ0n) is 15.2. The average molecular weight is 340 g/mol. The van der Waals surface area contributed by atoms with Gasteiger partial charge in [0.2, 0.25) is 5.91 Å². The molecule has 1 fully saturated rings. The molecule has 1 amide bonds. The van der Waals surface area contributed by atoms with Crippen LogP contribution in [0.5, 0.6) is 0 Å². The molecule has 134 valence electrons. The van der Waals surface area contributed by atoms with E-state index in [0.29, 0.717) is 12.6 Å². The van der Waals surface area contributed by atoms with Gasteiger partial charge in [-0.2, -0.15) is 5.10 Å². The van der Waals surface area contributed by atoms with E-state index < -0.39 is 0 Å². The maximum atomic E-state index is 12.2. The molecule has 2 heterocycles. The predicted octanol–water partition coefficient (Wildman–Crippen LogP) is 2.32. The fraction of sp³-hybridized carbons (Fsp3) is 0.500. The van der Waals surface area contributed by atoms with Gasteiger partial charge in [0.15, 0.2) is 0 Å². The number of likely N-dealkylation sites (tertiary alicyclic amines) is 1. The topological polar surface area (TPSA) is 50.2 Å². The van der Waals surface area contributed by atoms with Gasteiger partial charge in [-0.15, -0.1) is 0 Å². The molecule has 1 aliphatic heterocycles. The fourth-order valence-corrected chi connectivity index (χ4v) is 3.60. The van der Waals surface area contributed by atoms with Crippen LogP contribution in [-0.4, -0.2) is 46.3 Å². The highest BCUT2D eigenvalue weighted by Gasteiger charge is 2.24. The summed E-state index contributed by atoms with van der Waals surface area (Å²) < 4.78 is 1.77. The number of aryl methyl sites for hydroxylation is 2. The summed E-state index contributed by atoms with van der Waals surface area (Å²) in [6, 6.07) is 13.1. The van der Waals surface area contributed by atoms with Gasteiger partial charge in [-0.3, -0.25) is 14.4 Å². The molecule has 1 aromatic carbocycles. The number of amides is 1. The van der Waals surface area contributed by atoms with Crippen molar-refractivity contribution in [3.63, 3.8) is 0 Å². The summed E-state index contributed by atoms with van der Waals surface area (Å²) in [6.07, 6.45) is 3.44. The summed E-state index contributed by atoms with van der Waals surface area (Å²) in [5.74, 6) is 0.0427. The van der Waals surface area contributed by atoms with E-state index in [4.69, 9.17) is 0 Å². The van der Waals surface area contributed by atoms with Crippen LogP contribution in [-0.2, 0) is 17.8 Å². The van der Waals surface area contributed by atoms with E-state index in [1.54, 1.807) is 4.68 Å². The Morgan fingerprint density at radius 2 is 2.08 bits per heavy atom. The maximum Gasteiger partial charge on any atom is 0.241 e. The Balaban J connectivity index is 1.45. The summed E-state index contributed by atoms with van der Waals surface area (Å²) >= 11 is 0. The van der Waals surface area contributed by atoms with Crippen LogP contribution in [0.3, 0.4) is 0 Å². The predicted molar refractivity (Wildman–Crippen MR) is 99.5 cm³/mol. The fourth-order valence-electron chi connectivity index (χ4n) is 3.60. The quantitative estimate of drug-likeness (QED) is 0.841. The van der Waals surface area contributed by atoms with Crippen molar-refractivity contribution in [3.05, 3.63) is 53.3 Å². The van der Waals surface area contributed by atoms with Gasteiger partial charge in [0.05, 0.1) is 5.69 Å². The summed E-state index contributed by atoms with van der Waals surface area (Å²) in [7, 11) is 0. The van der Waals surface area contributed by atoms with Crippen molar-refractivity contribution in [2.75, 3.05) is 19.6 Å². The first-order valence-electron chi connectivity index (χ1n) is 9.17. The van der Waals surface area contributed by atoms with Crippen LogP contribution < -0.4 is 5.32 Å². The molecule has 1 saturated heterocycles. The van der Waals surface area contributed by atoms with E-state index in [2.05, 4.69) is 45.6 Å². The molecule has 0 bridgehead atoms. The zero-order chi connectivity index (χ0) is 17.6. The van der Waals surface area contributed by atoms with Gasteiger partial charge in [-0.1, -0.05) is 30.3 Å². The minimum atomic E-state index is 0.0427. The van der Waals surface area contributed by atoms with Crippen molar-refractivity contribution in [1.29, 1.82) is 0 Å². The minimum absolute atomic E-state index is 0.0427. The van der Waals surface area contributed by atoms with E-state index in [0.717, 1.165) is 43.9 Å². The molecule has 3 rings (SSSR count). The van der Waals surface area contributed by atoms with Crippen molar-refractivity contribution < 1.29 is 4.79 Å². The van der Waals surface area contributed by atoms with Crippen molar-refractivity contribution in [3.8, 4) is 0 Å². The molecule has 1 atom stereocenters. The van der Waals surface area contributed by atoms with E-state index in [9.17, 15) is 4.79 Å². The zero-order valence-corrected chi connectivity index (χ0v) is 15.2. The second-order valence-corrected chi connectivity index (χ2v) is 6.96. The van der Waals surface area contributed by atoms with Crippen LogP contribution in [0.25, 0.3) is 0 Å². The number of carbonyl (C=O) groups is 1. The number of carbonyl (C=O) groups excluding carboxylic acids is 1. The first-order chi connectivity index (χ1) is 12.1. The van der Waals surface area contributed by atoms with Crippen molar-refractivity contribution in [2.24, 2.45) is 0 Å². The van der Waals surface area contributed by atoms with Crippen LogP contribution in [0.2, 0.25) is 0 Å². The molecule has 0 radical (unpaired) electrons. The van der Waals surface area contributed by atoms with Crippen molar-refractivity contribution >= 4 is 5.91 Å². The van der Waals surface area contributed by atoms with E-state index in [1.807, 2.05) is 19.9 Å². The van der Waals surface area contributed by atoms with Gasteiger partial charge in [0.1, 0.15) is 6.54 Å². The standard InChI is InChI=1S/C20H28N4O/c1-16-13-17(2)24(22-16)15-20(25)21-14-19-9-6-11-23(19)12-10-18-7-4-3-5-8-18/h3-5,7-8,13,19H,6,9-12,14-15H2,1-2H3,(H,21,25). The van der Waals surface area contributed by atoms with Gasteiger partial charge in [-0.25, -0.2) is 0 Å². The number of nitrogens with one attached hydrogen (secondary N) is 1. The molecule has 25 heavy (non-hydrogen) atoms. The van der Waals surface area contributed by atoms with E-state index in [-0.39, 0.29) is 5.91 Å². The lowest BCUT2D eigenvalue weighted by Gasteiger charge is -2.24. The molecule has 0 spiro atoms. The molecule has 1 aromatic heterocycles. The third kappa shape index (κ3) is 4.92. The SMILES string of the molecule is Cc1cc(C)n(CC(=O)NCC2CCCN2CCc2ccccc2)n1. The lowest BCUT2D eigenvalue weighted by Crippen LogP contribution is -2.42.